The Labute approximate surface area is 142 Å². The number of hydrogen-bond donors (Lipinski definition) is 2. The Morgan fingerprint density at radius 2 is 1.96 bits per heavy atom. The van der Waals surface area contributed by atoms with Gasteiger partial charge in [0.25, 0.3) is 0 Å². The van der Waals surface area contributed by atoms with Crippen molar-refractivity contribution in [1.82, 2.24) is 0 Å². The Hall–Kier alpha value is -1.03. The van der Waals surface area contributed by atoms with E-state index in [9.17, 15) is 26.4 Å². The van der Waals surface area contributed by atoms with E-state index >= 15 is 0 Å². The Morgan fingerprint density at radius 3 is 2.43 bits per heavy atom. The smallest absolute Gasteiger partial charge is 0.325 e. The molecule has 1 rings (SSSR count). The predicted molar refractivity (Wildman–Crippen MR) is 84.6 cm³/mol. The van der Waals surface area contributed by atoms with Gasteiger partial charge >= 0.3 is 6.18 Å². The molecule has 0 aromatic heterocycles. The normalized spacial score (nSPS) is 13.1. The molecule has 5 nitrogen and oxygen atoms in total. The summed E-state index contributed by atoms with van der Waals surface area (Å²) in [6, 6.07) is 1.73. The van der Waals surface area contributed by atoms with Crippen molar-refractivity contribution in [3.8, 4) is 0 Å². The number of anilines is 1. The van der Waals surface area contributed by atoms with Gasteiger partial charge in [0.15, 0.2) is 0 Å². The molecule has 0 aliphatic heterocycles. The zero-order valence-corrected chi connectivity index (χ0v) is 14.2. The van der Waals surface area contributed by atoms with Gasteiger partial charge in [0.05, 0.1) is 22.4 Å². The molecule has 1 aromatic rings. The molecule has 0 heterocycles. The molecule has 0 bridgehead atoms. The van der Waals surface area contributed by atoms with E-state index in [1.807, 2.05) is 0 Å². The minimum atomic E-state index is -4.66. The Morgan fingerprint density at radius 1 is 1.39 bits per heavy atom. The lowest BCUT2D eigenvalue weighted by atomic mass is 10.1. The maximum atomic E-state index is 12.7. The number of hydrogen-bond acceptors (Lipinski definition) is 4. The Balaban J connectivity index is 0.00000484. The van der Waals surface area contributed by atoms with Crippen molar-refractivity contribution in [3.63, 3.8) is 0 Å². The van der Waals surface area contributed by atoms with Crippen LogP contribution in [0.25, 0.3) is 0 Å². The second-order valence-electron chi connectivity index (χ2n) is 4.71. The SMILES string of the molecule is CS(=O)(=O)CCC(N)C(=O)Nc1ccc(Cl)c(C(F)(F)F)c1.Cl. The van der Waals surface area contributed by atoms with Crippen LogP contribution in [0.1, 0.15) is 12.0 Å². The summed E-state index contributed by atoms with van der Waals surface area (Å²) in [5.41, 5.74) is 4.29. The number of nitrogens with one attached hydrogen (secondary N) is 1. The molecule has 0 aliphatic carbocycles. The average molecular weight is 395 g/mol. The molecule has 0 aliphatic rings. The van der Waals surface area contributed by atoms with Crippen molar-refractivity contribution < 1.29 is 26.4 Å². The van der Waals surface area contributed by atoms with Gasteiger partial charge in [-0.1, -0.05) is 11.6 Å². The van der Waals surface area contributed by atoms with Gasteiger partial charge in [-0.2, -0.15) is 13.2 Å². The van der Waals surface area contributed by atoms with Crippen molar-refractivity contribution in [1.29, 1.82) is 0 Å². The lowest BCUT2D eigenvalue weighted by Gasteiger charge is -2.14. The standard InChI is InChI=1S/C12H14ClF3N2O3S.ClH/c1-22(20,21)5-4-10(17)11(19)18-7-2-3-9(13)8(6-7)12(14,15)16;/h2-3,6,10H,4-5,17H2,1H3,(H,18,19);1H. The highest BCUT2D eigenvalue weighted by Gasteiger charge is 2.33. The molecule has 1 atom stereocenters. The lowest BCUT2D eigenvalue weighted by Crippen LogP contribution is -2.37. The van der Waals surface area contributed by atoms with Crippen LogP contribution in [0.15, 0.2) is 18.2 Å². The number of nitrogens with two attached hydrogens (primary N) is 1. The van der Waals surface area contributed by atoms with Gasteiger partial charge in [-0.3, -0.25) is 4.79 Å². The molecule has 0 spiro atoms. The zero-order valence-electron chi connectivity index (χ0n) is 11.9. The number of alkyl halides is 3. The summed E-state index contributed by atoms with van der Waals surface area (Å²) in [5.74, 6) is -1.07. The number of carbonyl (C=O) groups is 1. The van der Waals surface area contributed by atoms with Crippen LogP contribution in [-0.2, 0) is 20.8 Å². The first-order valence-electron chi connectivity index (χ1n) is 6.01. The van der Waals surface area contributed by atoms with Crippen LogP contribution in [0.3, 0.4) is 0 Å². The van der Waals surface area contributed by atoms with Crippen molar-refractivity contribution >= 4 is 45.4 Å². The molecular formula is C12H15Cl2F3N2O3S. The summed E-state index contributed by atoms with van der Waals surface area (Å²) in [5, 5.41) is 1.71. The molecule has 132 valence electrons. The Kier molecular flexibility index (Phi) is 7.82. The molecule has 0 saturated heterocycles. The molecular weight excluding hydrogens is 380 g/mol. The van der Waals surface area contributed by atoms with Gasteiger partial charge in [0.1, 0.15) is 9.84 Å². The number of sulfone groups is 1. The van der Waals surface area contributed by atoms with Gasteiger partial charge in [-0.25, -0.2) is 8.42 Å². The number of rotatable bonds is 5. The van der Waals surface area contributed by atoms with Crippen LogP contribution in [0, 0.1) is 0 Å². The first kappa shape index (κ1) is 22.0. The van der Waals surface area contributed by atoms with E-state index in [1.165, 1.54) is 6.07 Å². The summed E-state index contributed by atoms with van der Waals surface area (Å²) >= 11 is 5.46. The molecule has 1 aromatic carbocycles. The van der Waals surface area contributed by atoms with E-state index in [2.05, 4.69) is 5.32 Å². The van der Waals surface area contributed by atoms with Crippen LogP contribution < -0.4 is 11.1 Å². The summed E-state index contributed by atoms with van der Waals surface area (Å²) in [6.07, 6.45) is -3.80. The van der Waals surface area contributed by atoms with E-state index in [-0.39, 0.29) is 30.3 Å². The number of benzene rings is 1. The predicted octanol–water partition coefficient (Wildman–Crippen LogP) is 2.48. The highest BCUT2D eigenvalue weighted by molar-refractivity contribution is 7.90. The largest absolute Gasteiger partial charge is 0.417 e. The average Bonchev–Trinajstić information content (AvgIpc) is 2.35. The molecule has 0 saturated carbocycles. The first-order valence-corrected chi connectivity index (χ1v) is 8.45. The maximum absolute atomic E-state index is 12.7. The van der Waals surface area contributed by atoms with Gasteiger partial charge in [0, 0.05) is 11.9 Å². The van der Waals surface area contributed by atoms with E-state index in [0.29, 0.717) is 6.07 Å². The summed E-state index contributed by atoms with van der Waals surface area (Å²) < 4.78 is 60.0. The highest BCUT2D eigenvalue weighted by Crippen LogP contribution is 2.36. The van der Waals surface area contributed by atoms with E-state index in [0.717, 1.165) is 12.3 Å². The summed E-state index contributed by atoms with van der Waals surface area (Å²) in [6.45, 7) is 0. The second-order valence-corrected chi connectivity index (χ2v) is 7.37. The number of amides is 1. The van der Waals surface area contributed by atoms with Crippen LogP contribution in [0.5, 0.6) is 0 Å². The van der Waals surface area contributed by atoms with Gasteiger partial charge in [-0.15, -0.1) is 12.4 Å². The number of halogens is 5. The topological polar surface area (TPSA) is 89.3 Å². The quantitative estimate of drug-likeness (QED) is 0.802. The maximum Gasteiger partial charge on any atom is 0.417 e. The minimum Gasteiger partial charge on any atom is -0.325 e. The minimum absolute atomic E-state index is 0. The molecule has 0 fully saturated rings. The second kappa shape index (κ2) is 8.18. The van der Waals surface area contributed by atoms with Crippen LogP contribution in [0.2, 0.25) is 5.02 Å². The van der Waals surface area contributed by atoms with Gasteiger partial charge in [0.2, 0.25) is 5.91 Å². The van der Waals surface area contributed by atoms with Gasteiger partial charge < -0.3 is 11.1 Å². The third kappa shape index (κ3) is 7.38. The van der Waals surface area contributed by atoms with E-state index in [1.54, 1.807) is 0 Å². The molecule has 1 amide bonds. The van der Waals surface area contributed by atoms with Crippen LogP contribution in [0.4, 0.5) is 18.9 Å². The van der Waals surface area contributed by atoms with Gasteiger partial charge in [-0.05, 0) is 24.6 Å². The molecule has 3 N–H and O–H groups in total. The number of carbonyl (C=O) groups excluding carboxylic acids is 1. The summed E-state index contributed by atoms with van der Waals surface area (Å²) in [4.78, 5) is 11.7. The third-order valence-corrected chi connectivity index (χ3v) is 3.98. The van der Waals surface area contributed by atoms with Crippen molar-refractivity contribution in [2.24, 2.45) is 5.73 Å². The first-order chi connectivity index (χ1) is 9.90. The lowest BCUT2D eigenvalue weighted by molar-refractivity contribution is -0.137. The Bertz CT molecular complexity index is 666. The van der Waals surface area contributed by atoms with Crippen molar-refractivity contribution in [3.05, 3.63) is 28.8 Å². The molecule has 0 radical (unpaired) electrons. The summed E-state index contributed by atoms with van der Waals surface area (Å²) in [7, 11) is -3.28. The van der Waals surface area contributed by atoms with E-state index < -0.39 is 38.5 Å². The van der Waals surface area contributed by atoms with Crippen molar-refractivity contribution in [2.45, 2.75) is 18.6 Å². The van der Waals surface area contributed by atoms with Crippen LogP contribution >= 0.6 is 24.0 Å². The zero-order chi connectivity index (χ0) is 17.1. The fourth-order valence-corrected chi connectivity index (χ4v) is 2.43. The highest BCUT2D eigenvalue weighted by atomic mass is 35.5. The fraction of sp³-hybridized carbons (Fsp3) is 0.417. The van der Waals surface area contributed by atoms with Crippen molar-refractivity contribution in [2.75, 3.05) is 17.3 Å². The molecule has 23 heavy (non-hydrogen) atoms. The van der Waals surface area contributed by atoms with Crippen LogP contribution in [-0.4, -0.2) is 32.4 Å². The monoisotopic (exact) mass is 394 g/mol. The third-order valence-electron chi connectivity index (χ3n) is 2.68. The molecule has 11 heteroatoms. The van der Waals surface area contributed by atoms with E-state index in [4.69, 9.17) is 17.3 Å². The fourth-order valence-electron chi connectivity index (χ4n) is 1.53. The molecule has 1 unspecified atom stereocenters.